The molecule has 1 aromatic carbocycles. The third kappa shape index (κ3) is 6.11. The Morgan fingerprint density at radius 1 is 1.17 bits per heavy atom. The highest BCUT2D eigenvalue weighted by atomic mass is 35.5. The fourth-order valence-corrected chi connectivity index (χ4v) is 8.25. The molecule has 1 fully saturated rings. The number of thioether (sulfide) groups is 4. The molecule has 0 aliphatic carbocycles. The Bertz CT molecular complexity index is 1250. The van der Waals surface area contributed by atoms with Crippen LogP contribution < -0.4 is 16.8 Å². The van der Waals surface area contributed by atoms with Gasteiger partial charge in [0.05, 0.1) is 15.9 Å². The van der Waals surface area contributed by atoms with E-state index in [2.05, 4.69) is 15.3 Å². The standard InChI is InChI=1S/C20H18Cl2N6O4S4/c21-8-1-2-9(22)10(3-8)33-6-14(29)27-15-17(30)28-16(19(31)32)11(5-34-18(15)28)35-7-36-20-25-12(23)4-13(24)26-20/h1-4,15,18H,5-7H2,(H,27,29)(H,31,32)(H4,23,24,25,26)/t15-,18-/m1/s1. The molecule has 190 valence electrons. The number of anilines is 2. The molecule has 3 heterocycles. The number of carbonyl (C=O) groups is 3. The first kappa shape index (κ1) is 27.1. The monoisotopic (exact) mass is 604 g/mol. The number of carboxylic acid groups (broad SMARTS) is 1. The number of aliphatic carboxylic acids is 1. The maximum Gasteiger partial charge on any atom is 0.353 e. The fraction of sp³-hybridized carbons (Fsp3) is 0.250. The van der Waals surface area contributed by atoms with Gasteiger partial charge in [0.2, 0.25) is 5.91 Å². The van der Waals surface area contributed by atoms with Crippen LogP contribution in [0.3, 0.4) is 0 Å². The van der Waals surface area contributed by atoms with E-state index in [1.54, 1.807) is 18.2 Å². The summed E-state index contributed by atoms with van der Waals surface area (Å²) in [6, 6.07) is 5.58. The molecule has 4 rings (SSSR count). The second-order valence-electron chi connectivity index (χ2n) is 7.30. The van der Waals surface area contributed by atoms with Crippen LogP contribution in [0.2, 0.25) is 10.0 Å². The number of benzene rings is 1. The number of aromatic nitrogens is 2. The minimum Gasteiger partial charge on any atom is -0.477 e. The van der Waals surface area contributed by atoms with Crippen molar-refractivity contribution in [2.24, 2.45) is 0 Å². The average Bonchev–Trinajstić information content (AvgIpc) is 2.82. The summed E-state index contributed by atoms with van der Waals surface area (Å²) in [7, 11) is 0. The van der Waals surface area contributed by atoms with Crippen LogP contribution in [0.5, 0.6) is 0 Å². The first-order valence-corrected chi connectivity index (χ1v) is 14.8. The largest absolute Gasteiger partial charge is 0.477 e. The van der Waals surface area contributed by atoms with E-state index < -0.39 is 23.3 Å². The van der Waals surface area contributed by atoms with Crippen molar-refractivity contribution in [3.63, 3.8) is 0 Å². The first-order valence-electron chi connectivity index (χ1n) is 10.1. The van der Waals surface area contributed by atoms with Gasteiger partial charge in [0.1, 0.15) is 28.7 Å². The van der Waals surface area contributed by atoms with Crippen LogP contribution in [-0.2, 0) is 14.4 Å². The lowest BCUT2D eigenvalue weighted by atomic mass is 10.1. The molecule has 1 saturated heterocycles. The van der Waals surface area contributed by atoms with Gasteiger partial charge in [-0.2, -0.15) is 0 Å². The summed E-state index contributed by atoms with van der Waals surface area (Å²) in [5.74, 6) is -1.16. The van der Waals surface area contributed by atoms with Crippen molar-refractivity contribution in [1.82, 2.24) is 20.2 Å². The number of carboxylic acids is 1. The summed E-state index contributed by atoms with van der Waals surface area (Å²) < 4.78 is 0. The zero-order valence-corrected chi connectivity index (χ0v) is 22.9. The number of fused-ring (bicyclic) bond motifs is 1. The zero-order valence-electron chi connectivity index (χ0n) is 18.1. The number of nitrogens with one attached hydrogen (secondary N) is 1. The average molecular weight is 606 g/mol. The van der Waals surface area contributed by atoms with Gasteiger partial charge in [0.25, 0.3) is 5.91 Å². The van der Waals surface area contributed by atoms with Gasteiger partial charge in [-0.3, -0.25) is 14.5 Å². The van der Waals surface area contributed by atoms with Crippen molar-refractivity contribution in [3.8, 4) is 0 Å². The highest BCUT2D eigenvalue weighted by molar-refractivity contribution is 8.18. The smallest absolute Gasteiger partial charge is 0.353 e. The first-order chi connectivity index (χ1) is 17.1. The van der Waals surface area contributed by atoms with Gasteiger partial charge in [0, 0.05) is 26.6 Å². The topological polar surface area (TPSA) is 165 Å². The highest BCUT2D eigenvalue weighted by Gasteiger charge is 2.54. The number of halogens is 2. The van der Waals surface area contributed by atoms with Crippen LogP contribution in [0.25, 0.3) is 0 Å². The molecular weight excluding hydrogens is 587 g/mol. The number of β-lactam (4-membered cyclic amide) rings is 1. The summed E-state index contributed by atoms with van der Waals surface area (Å²) in [6.45, 7) is 0. The van der Waals surface area contributed by atoms with E-state index >= 15 is 0 Å². The number of hydrogen-bond acceptors (Lipinski definition) is 11. The Hall–Kier alpha value is -1.97. The Labute approximate surface area is 232 Å². The number of hydrogen-bond donors (Lipinski definition) is 4. The fourth-order valence-electron chi connectivity index (χ4n) is 3.33. The maximum absolute atomic E-state index is 12.8. The number of nitrogen functional groups attached to an aromatic ring is 2. The number of nitrogens with two attached hydrogens (primary N) is 2. The van der Waals surface area contributed by atoms with Crippen LogP contribution in [-0.4, -0.2) is 65.8 Å². The molecule has 10 nitrogen and oxygen atoms in total. The van der Waals surface area contributed by atoms with Gasteiger partial charge >= 0.3 is 5.97 Å². The lowest BCUT2D eigenvalue weighted by molar-refractivity contribution is -0.150. The molecule has 2 aromatic rings. The lowest BCUT2D eigenvalue weighted by Crippen LogP contribution is -2.70. The van der Waals surface area contributed by atoms with Crippen molar-refractivity contribution in [1.29, 1.82) is 0 Å². The van der Waals surface area contributed by atoms with Crippen molar-refractivity contribution in [2.45, 2.75) is 21.5 Å². The van der Waals surface area contributed by atoms with Crippen LogP contribution in [0.4, 0.5) is 11.6 Å². The number of rotatable bonds is 9. The third-order valence-corrected chi connectivity index (χ3v) is 10.1. The Balaban J connectivity index is 1.36. The van der Waals surface area contributed by atoms with Gasteiger partial charge in [0.15, 0.2) is 5.16 Å². The van der Waals surface area contributed by atoms with Crippen LogP contribution in [0.1, 0.15) is 0 Å². The quantitative estimate of drug-likeness (QED) is 0.143. The molecule has 0 bridgehead atoms. The van der Waals surface area contributed by atoms with Gasteiger partial charge in [-0.25, -0.2) is 14.8 Å². The molecule has 0 unspecified atom stereocenters. The number of amides is 2. The number of carbonyl (C=O) groups excluding carboxylic acids is 2. The van der Waals surface area contributed by atoms with Crippen LogP contribution >= 0.6 is 70.2 Å². The second kappa shape index (κ2) is 11.6. The van der Waals surface area contributed by atoms with Crippen molar-refractivity contribution in [3.05, 3.63) is 44.9 Å². The van der Waals surface area contributed by atoms with Crippen molar-refractivity contribution < 1.29 is 19.5 Å². The summed E-state index contributed by atoms with van der Waals surface area (Å²) >= 11 is 17.2. The summed E-state index contributed by atoms with van der Waals surface area (Å²) in [6.07, 6.45) is 0. The molecule has 2 amide bonds. The summed E-state index contributed by atoms with van der Waals surface area (Å²) in [5.41, 5.74) is 11.3. The molecular formula is C20H18Cl2N6O4S4. The summed E-state index contributed by atoms with van der Waals surface area (Å²) in [4.78, 5) is 47.9. The van der Waals surface area contributed by atoms with E-state index in [1.165, 1.54) is 58.0 Å². The molecule has 0 radical (unpaired) electrons. The van der Waals surface area contributed by atoms with E-state index in [9.17, 15) is 19.5 Å². The minimum absolute atomic E-state index is 0.0256. The highest BCUT2D eigenvalue weighted by Crippen LogP contribution is 2.44. The van der Waals surface area contributed by atoms with Gasteiger partial charge in [-0.1, -0.05) is 35.0 Å². The molecule has 16 heteroatoms. The summed E-state index contributed by atoms with van der Waals surface area (Å²) in [5, 5.41) is 13.8. The normalized spacial score (nSPS) is 19.1. The molecule has 0 spiro atoms. The Morgan fingerprint density at radius 3 is 2.58 bits per heavy atom. The molecule has 6 N–H and O–H groups in total. The molecule has 2 aliphatic rings. The molecule has 1 aromatic heterocycles. The molecule has 0 saturated carbocycles. The minimum atomic E-state index is -1.21. The van der Waals surface area contributed by atoms with Crippen LogP contribution in [0.15, 0.2) is 44.9 Å². The zero-order chi connectivity index (χ0) is 26.0. The van der Waals surface area contributed by atoms with Gasteiger partial charge < -0.3 is 21.9 Å². The molecule has 2 atom stereocenters. The predicted octanol–water partition coefficient (Wildman–Crippen LogP) is 3.22. The van der Waals surface area contributed by atoms with Crippen molar-refractivity contribution in [2.75, 3.05) is 28.1 Å². The lowest BCUT2D eigenvalue weighted by Gasteiger charge is -2.49. The second-order valence-corrected chi connectivity index (χ2v) is 12.6. The third-order valence-electron chi connectivity index (χ3n) is 4.87. The van der Waals surface area contributed by atoms with E-state index in [0.717, 1.165) is 0 Å². The predicted molar refractivity (Wildman–Crippen MR) is 146 cm³/mol. The molecule has 2 aliphatic heterocycles. The van der Waals surface area contributed by atoms with Gasteiger partial charge in [-0.05, 0) is 18.2 Å². The van der Waals surface area contributed by atoms with Crippen molar-refractivity contribution >= 4 is 99.7 Å². The van der Waals surface area contributed by atoms with E-state index in [-0.39, 0.29) is 29.0 Å². The van der Waals surface area contributed by atoms with E-state index in [4.69, 9.17) is 34.7 Å². The van der Waals surface area contributed by atoms with Crippen LogP contribution in [0, 0.1) is 0 Å². The van der Waals surface area contributed by atoms with Gasteiger partial charge in [-0.15, -0.1) is 35.3 Å². The maximum atomic E-state index is 12.8. The Kier molecular flexibility index (Phi) is 8.73. The Morgan fingerprint density at radius 2 is 1.89 bits per heavy atom. The van der Waals surface area contributed by atoms with E-state index in [1.807, 2.05) is 0 Å². The van der Waals surface area contributed by atoms with E-state index in [0.29, 0.717) is 35.8 Å². The SMILES string of the molecule is Nc1cc(N)nc(SCSC2=C(C(=O)O)N3C(=O)[C@@H](NC(=O)CSc4cc(Cl)ccc4Cl)[C@H]3SC2)n1. The number of nitrogens with zero attached hydrogens (tertiary/aromatic N) is 3. The molecule has 36 heavy (non-hydrogen) atoms.